The number of nitrogens with zero attached hydrogens (tertiary/aromatic N) is 1. The third-order valence-corrected chi connectivity index (χ3v) is 1.77. The number of carbonyl (C=O) groups is 1. The van der Waals surface area contributed by atoms with Crippen molar-refractivity contribution in [1.29, 1.82) is 0 Å². The molecule has 0 radical (unpaired) electrons. The number of amides is 1. The first-order chi connectivity index (χ1) is 6.78. The second kappa shape index (κ2) is 5.75. The predicted octanol–water partition coefficient (Wildman–Crippen LogP) is 2.14. The fraction of sp³-hybridized carbons (Fsp3) is 0.727. The number of ether oxygens (including phenoxy) is 1. The van der Waals surface area contributed by atoms with Crippen molar-refractivity contribution in [3.8, 4) is 0 Å². The van der Waals surface area contributed by atoms with Crippen molar-refractivity contribution in [2.75, 3.05) is 13.7 Å². The van der Waals surface area contributed by atoms with Crippen LogP contribution in [0, 0.1) is 0 Å². The lowest BCUT2D eigenvalue weighted by molar-refractivity contribution is 0.0347. The number of hydrogen-bond donors (Lipinski definition) is 1. The summed E-state index contributed by atoms with van der Waals surface area (Å²) >= 11 is 0. The van der Waals surface area contributed by atoms with Crippen LogP contribution >= 0.6 is 0 Å². The van der Waals surface area contributed by atoms with Crippen molar-refractivity contribution in [2.45, 2.75) is 39.2 Å². The first-order valence-electron chi connectivity index (χ1n) is 5.03. The number of allylic oxidation sites excluding steroid dienone is 1. The van der Waals surface area contributed by atoms with Gasteiger partial charge in [0.1, 0.15) is 5.60 Å². The van der Waals surface area contributed by atoms with Gasteiger partial charge in [-0.1, -0.05) is 6.58 Å². The number of carbonyl (C=O) groups excluding carboxylic acids is 1. The number of aliphatic hydroxyl groups is 1. The van der Waals surface area contributed by atoms with Gasteiger partial charge in [-0.3, -0.25) is 4.90 Å². The van der Waals surface area contributed by atoms with E-state index < -0.39 is 11.7 Å². The van der Waals surface area contributed by atoms with Gasteiger partial charge in [-0.05, 0) is 33.6 Å². The predicted molar refractivity (Wildman–Crippen MR) is 59.5 cm³/mol. The van der Waals surface area contributed by atoms with E-state index in [1.54, 1.807) is 7.05 Å². The number of hydrogen-bond acceptors (Lipinski definition) is 3. The Morgan fingerprint density at radius 1 is 1.47 bits per heavy atom. The molecule has 0 aromatic rings. The highest BCUT2D eigenvalue weighted by atomic mass is 16.6. The zero-order valence-electron chi connectivity index (χ0n) is 10.0. The monoisotopic (exact) mass is 215 g/mol. The lowest BCUT2D eigenvalue weighted by Gasteiger charge is -2.25. The maximum atomic E-state index is 11.5. The van der Waals surface area contributed by atoms with Crippen LogP contribution in [0.2, 0.25) is 0 Å². The van der Waals surface area contributed by atoms with Crippen molar-refractivity contribution in [3.05, 3.63) is 12.3 Å². The summed E-state index contributed by atoms with van der Waals surface area (Å²) in [5.41, 5.74) is 0.154. The van der Waals surface area contributed by atoms with Crippen molar-refractivity contribution in [1.82, 2.24) is 4.90 Å². The van der Waals surface area contributed by atoms with Crippen molar-refractivity contribution >= 4 is 6.09 Å². The lowest BCUT2D eigenvalue weighted by atomic mass is 10.2. The van der Waals surface area contributed by atoms with Gasteiger partial charge in [0.25, 0.3) is 0 Å². The van der Waals surface area contributed by atoms with Crippen LogP contribution in [0.5, 0.6) is 0 Å². The highest BCUT2D eigenvalue weighted by molar-refractivity contribution is 5.69. The Balaban J connectivity index is 4.14. The minimum absolute atomic E-state index is 0.0984. The van der Waals surface area contributed by atoms with E-state index in [4.69, 9.17) is 9.84 Å². The maximum Gasteiger partial charge on any atom is 0.414 e. The Morgan fingerprint density at radius 3 is 2.40 bits per heavy atom. The summed E-state index contributed by atoms with van der Waals surface area (Å²) in [6, 6.07) is 0. The minimum Gasteiger partial charge on any atom is -0.443 e. The standard InChI is InChI=1S/C11H21NO3/c1-9(7-6-8-13)12(5)10(14)15-11(2,3)4/h13H,1,6-8H2,2-5H3. The second-order valence-electron chi connectivity index (χ2n) is 4.43. The quantitative estimate of drug-likeness (QED) is 0.781. The zero-order valence-corrected chi connectivity index (χ0v) is 10.0. The van der Waals surface area contributed by atoms with Crippen molar-refractivity contribution in [2.24, 2.45) is 0 Å². The molecular weight excluding hydrogens is 194 g/mol. The molecule has 0 atom stereocenters. The molecule has 4 nitrogen and oxygen atoms in total. The topological polar surface area (TPSA) is 49.8 Å². The SMILES string of the molecule is C=C(CCCO)N(C)C(=O)OC(C)(C)C. The number of aliphatic hydroxyl groups excluding tert-OH is 1. The Bertz CT molecular complexity index is 230. The van der Waals surface area contributed by atoms with Crippen LogP contribution in [0.3, 0.4) is 0 Å². The Hall–Kier alpha value is -1.03. The normalized spacial score (nSPS) is 11.0. The molecule has 0 aliphatic heterocycles. The van der Waals surface area contributed by atoms with E-state index in [1.807, 2.05) is 20.8 Å². The third-order valence-electron chi connectivity index (χ3n) is 1.77. The highest BCUT2D eigenvalue weighted by Gasteiger charge is 2.20. The molecule has 0 rings (SSSR count). The number of rotatable bonds is 4. The van der Waals surface area contributed by atoms with Gasteiger partial charge in [0.15, 0.2) is 0 Å². The second-order valence-corrected chi connectivity index (χ2v) is 4.43. The molecule has 1 amide bonds. The van der Waals surface area contributed by atoms with Gasteiger partial charge in [0.05, 0.1) is 0 Å². The van der Waals surface area contributed by atoms with Gasteiger partial charge in [-0.25, -0.2) is 4.79 Å². The van der Waals surface area contributed by atoms with E-state index in [0.717, 1.165) is 0 Å². The minimum atomic E-state index is -0.497. The van der Waals surface area contributed by atoms with E-state index in [-0.39, 0.29) is 6.61 Å². The zero-order chi connectivity index (χ0) is 12.1. The molecule has 0 heterocycles. The van der Waals surface area contributed by atoms with Crippen LogP contribution in [-0.4, -0.2) is 35.4 Å². The van der Waals surface area contributed by atoms with E-state index in [9.17, 15) is 4.79 Å². The average molecular weight is 215 g/mol. The third kappa shape index (κ3) is 6.12. The van der Waals surface area contributed by atoms with E-state index in [1.165, 1.54) is 4.90 Å². The van der Waals surface area contributed by atoms with Crippen LogP contribution in [0.25, 0.3) is 0 Å². The summed E-state index contributed by atoms with van der Waals surface area (Å²) < 4.78 is 5.16. The summed E-state index contributed by atoms with van der Waals surface area (Å²) in [6.07, 6.45) is 0.781. The molecule has 0 aromatic heterocycles. The molecule has 0 aromatic carbocycles. The van der Waals surface area contributed by atoms with Crippen LogP contribution < -0.4 is 0 Å². The molecule has 0 bridgehead atoms. The largest absolute Gasteiger partial charge is 0.443 e. The fourth-order valence-electron chi connectivity index (χ4n) is 0.910. The molecule has 0 saturated heterocycles. The lowest BCUT2D eigenvalue weighted by Crippen LogP contribution is -2.33. The Morgan fingerprint density at radius 2 is 2.00 bits per heavy atom. The molecule has 0 unspecified atom stereocenters. The molecule has 88 valence electrons. The smallest absolute Gasteiger partial charge is 0.414 e. The first-order valence-corrected chi connectivity index (χ1v) is 5.03. The van der Waals surface area contributed by atoms with Gasteiger partial charge in [0, 0.05) is 19.4 Å². The molecule has 0 aliphatic carbocycles. The summed E-state index contributed by atoms with van der Waals surface area (Å²) in [5.74, 6) is 0. The van der Waals surface area contributed by atoms with Crippen molar-refractivity contribution in [3.63, 3.8) is 0 Å². The Kier molecular flexibility index (Phi) is 5.36. The molecule has 4 heteroatoms. The van der Waals surface area contributed by atoms with E-state index >= 15 is 0 Å². The summed E-state index contributed by atoms with van der Waals surface area (Å²) in [4.78, 5) is 12.9. The van der Waals surface area contributed by atoms with Crippen molar-refractivity contribution < 1.29 is 14.6 Å². The van der Waals surface area contributed by atoms with E-state index in [0.29, 0.717) is 18.5 Å². The average Bonchev–Trinajstić information content (AvgIpc) is 2.10. The molecule has 0 saturated carbocycles. The first kappa shape index (κ1) is 14.0. The molecular formula is C11H21NO3. The van der Waals surface area contributed by atoms with Gasteiger partial charge < -0.3 is 9.84 Å². The van der Waals surface area contributed by atoms with Crippen LogP contribution in [0.4, 0.5) is 4.79 Å². The highest BCUT2D eigenvalue weighted by Crippen LogP contribution is 2.13. The maximum absolute atomic E-state index is 11.5. The molecule has 0 spiro atoms. The van der Waals surface area contributed by atoms with Gasteiger partial charge in [-0.15, -0.1) is 0 Å². The molecule has 0 aliphatic rings. The van der Waals surface area contributed by atoms with Gasteiger partial charge in [0.2, 0.25) is 0 Å². The summed E-state index contributed by atoms with van der Waals surface area (Å²) in [6.45, 7) is 9.30. The summed E-state index contributed by atoms with van der Waals surface area (Å²) in [7, 11) is 1.62. The molecule has 1 N–H and O–H groups in total. The van der Waals surface area contributed by atoms with Crippen LogP contribution in [-0.2, 0) is 4.74 Å². The van der Waals surface area contributed by atoms with Gasteiger partial charge in [-0.2, -0.15) is 0 Å². The summed E-state index contributed by atoms with van der Waals surface area (Å²) in [5, 5.41) is 8.65. The molecule has 15 heavy (non-hydrogen) atoms. The molecule has 0 fully saturated rings. The van der Waals surface area contributed by atoms with E-state index in [2.05, 4.69) is 6.58 Å². The van der Waals surface area contributed by atoms with Gasteiger partial charge >= 0.3 is 6.09 Å². The Labute approximate surface area is 91.5 Å². The van der Waals surface area contributed by atoms with Crippen LogP contribution in [0.15, 0.2) is 12.3 Å². The fourth-order valence-corrected chi connectivity index (χ4v) is 0.910. The van der Waals surface area contributed by atoms with Crippen LogP contribution in [0.1, 0.15) is 33.6 Å².